The molecule has 0 atom stereocenters. The van der Waals surface area contributed by atoms with E-state index in [9.17, 15) is 4.79 Å². The van der Waals surface area contributed by atoms with Gasteiger partial charge in [0, 0.05) is 0 Å². The zero-order valence-corrected chi connectivity index (χ0v) is 5.59. The van der Waals surface area contributed by atoms with Crippen molar-refractivity contribution in [2.75, 3.05) is 5.73 Å². The van der Waals surface area contributed by atoms with Crippen LogP contribution < -0.4 is 11.3 Å². The molecule has 10 heavy (non-hydrogen) atoms. The van der Waals surface area contributed by atoms with Gasteiger partial charge in [0.2, 0.25) is 5.95 Å². The van der Waals surface area contributed by atoms with E-state index in [1.165, 1.54) is 0 Å². The van der Waals surface area contributed by atoms with Crippen molar-refractivity contribution in [1.82, 2.24) is 15.2 Å². The number of H-pyrrole nitrogens is 1. The molecule has 1 rings (SSSR count). The van der Waals surface area contributed by atoms with Crippen molar-refractivity contribution in [3.63, 3.8) is 0 Å². The Kier molecular flexibility index (Phi) is 1.66. The van der Waals surface area contributed by atoms with E-state index >= 15 is 0 Å². The second-order valence-corrected chi connectivity index (χ2v) is 1.84. The summed E-state index contributed by atoms with van der Waals surface area (Å²) in [7, 11) is 0. The molecule has 1 heterocycles. The first-order valence-corrected chi connectivity index (χ1v) is 2.95. The van der Waals surface area contributed by atoms with Crippen molar-refractivity contribution in [2.45, 2.75) is 13.3 Å². The minimum Gasteiger partial charge on any atom is -0.368 e. The summed E-state index contributed by atoms with van der Waals surface area (Å²) in [6.45, 7) is 1.83. The Morgan fingerprint density at radius 2 is 2.30 bits per heavy atom. The smallest absolute Gasteiger partial charge is 0.274 e. The van der Waals surface area contributed by atoms with Crippen molar-refractivity contribution < 1.29 is 0 Å². The molecule has 0 aliphatic rings. The van der Waals surface area contributed by atoms with E-state index in [-0.39, 0.29) is 11.5 Å². The predicted molar refractivity (Wildman–Crippen MR) is 36.4 cm³/mol. The second-order valence-electron chi connectivity index (χ2n) is 1.84. The van der Waals surface area contributed by atoms with E-state index in [0.29, 0.717) is 12.1 Å². The highest BCUT2D eigenvalue weighted by Gasteiger charge is 1.97. The first kappa shape index (κ1) is 6.73. The van der Waals surface area contributed by atoms with Gasteiger partial charge in [0.15, 0.2) is 0 Å². The lowest BCUT2D eigenvalue weighted by molar-refractivity contribution is 0.863. The van der Waals surface area contributed by atoms with Crippen LogP contribution in [0, 0.1) is 0 Å². The molecule has 5 nitrogen and oxygen atoms in total. The van der Waals surface area contributed by atoms with E-state index in [0.717, 1.165) is 0 Å². The zero-order chi connectivity index (χ0) is 7.56. The summed E-state index contributed by atoms with van der Waals surface area (Å²) >= 11 is 0. The number of aromatic nitrogens is 3. The Morgan fingerprint density at radius 3 is 2.80 bits per heavy atom. The van der Waals surface area contributed by atoms with E-state index < -0.39 is 0 Å². The molecule has 0 radical (unpaired) electrons. The van der Waals surface area contributed by atoms with Gasteiger partial charge in [-0.25, -0.2) is 0 Å². The number of nitrogens with one attached hydrogen (secondary N) is 1. The molecule has 0 unspecified atom stereocenters. The van der Waals surface area contributed by atoms with Crippen LogP contribution in [0.25, 0.3) is 0 Å². The van der Waals surface area contributed by atoms with Gasteiger partial charge < -0.3 is 5.73 Å². The van der Waals surface area contributed by atoms with Crippen molar-refractivity contribution in [3.8, 4) is 0 Å². The van der Waals surface area contributed by atoms with Crippen LogP contribution in [0.3, 0.4) is 0 Å². The lowest BCUT2D eigenvalue weighted by atomic mass is 10.4. The number of anilines is 1. The fraction of sp³-hybridized carbons (Fsp3) is 0.400. The summed E-state index contributed by atoms with van der Waals surface area (Å²) in [4.78, 5) is 13.2. The summed E-state index contributed by atoms with van der Waals surface area (Å²) in [6.07, 6.45) is 0.572. The van der Waals surface area contributed by atoms with Crippen LogP contribution in [-0.2, 0) is 6.42 Å². The zero-order valence-electron chi connectivity index (χ0n) is 5.59. The van der Waals surface area contributed by atoms with E-state index in [2.05, 4.69) is 15.2 Å². The highest BCUT2D eigenvalue weighted by Crippen LogP contribution is 1.84. The van der Waals surface area contributed by atoms with E-state index in [1.54, 1.807) is 0 Å². The Morgan fingerprint density at radius 1 is 1.60 bits per heavy atom. The quantitative estimate of drug-likeness (QED) is 0.540. The number of rotatable bonds is 1. The molecule has 3 N–H and O–H groups in total. The molecule has 54 valence electrons. The fourth-order valence-electron chi connectivity index (χ4n) is 0.604. The maximum absolute atomic E-state index is 10.8. The van der Waals surface area contributed by atoms with Gasteiger partial charge >= 0.3 is 0 Å². The van der Waals surface area contributed by atoms with Gasteiger partial charge in [-0.1, -0.05) is 6.92 Å². The number of nitrogens with two attached hydrogens (primary N) is 1. The minimum atomic E-state index is -0.255. The third kappa shape index (κ3) is 1.12. The molecule has 0 aliphatic heterocycles. The van der Waals surface area contributed by atoms with Crippen LogP contribution in [0.5, 0.6) is 0 Å². The SMILES string of the molecule is CCc1nnc(N)[nH]c1=O. The number of hydrogen-bond acceptors (Lipinski definition) is 4. The number of nitrogen functional groups attached to an aromatic ring is 1. The molecule has 0 aliphatic carbocycles. The third-order valence-corrected chi connectivity index (χ3v) is 1.12. The average Bonchev–Trinajstić information content (AvgIpc) is 1.88. The number of hydrogen-bond donors (Lipinski definition) is 2. The lowest BCUT2D eigenvalue weighted by Gasteiger charge is -1.92. The maximum Gasteiger partial charge on any atom is 0.274 e. The second kappa shape index (κ2) is 2.47. The third-order valence-electron chi connectivity index (χ3n) is 1.12. The fourth-order valence-corrected chi connectivity index (χ4v) is 0.604. The van der Waals surface area contributed by atoms with Crippen LogP contribution in [0.4, 0.5) is 5.95 Å². The lowest BCUT2D eigenvalue weighted by Crippen LogP contribution is -2.17. The highest BCUT2D eigenvalue weighted by atomic mass is 16.1. The number of aromatic amines is 1. The standard InChI is InChI=1S/C5H8N4O/c1-2-3-4(10)7-5(6)9-8-3/h2H2,1H3,(H3,6,7,9,10). The first-order chi connectivity index (χ1) is 4.74. The summed E-state index contributed by atoms with van der Waals surface area (Å²) in [5.74, 6) is 0.0576. The van der Waals surface area contributed by atoms with Crippen LogP contribution in [0.15, 0.2) is 4.79 Å². The van der Waals surface area contributed by atoms with Gasteiger partial charge in [0.1, 0.15) is 5.69 Å². The van der Waals surface area contributed by atoms with Gasteiger partial charge in [-0.05, 0) is 6.42 Å². The van der Waals surface area contributed by atoms with E-state index in [4.69, 9.17) is 5.73 Å². The molecular weight excluding hydrogens is 132 g/mol. The summed E-state index contributed by atoms with van der Waals surface area (Å²) in [6, 6.07) is 0. The van der Waals surface area contributed by atoms with Gasteiger partial charge in [-0.3, -0.25) is 9.78 Å². The van der Waals surface area contributed by atoms with Crippen LogP contribution >= 0.6 is 0 Å². The topological polar surface area (TPSA) is 84.7 Å². The number of nitrogens with zero attached hydrogens (tertiary/aromatic N) is 2. The first-order valence-electron chi connectivity index (χ1n) is 2.95. The van der Waals surface area contributed by atoms with Crippen molar-refractivity contribution in [1.29, 1.82) is 0 Å². The Bertz CT molecular complexity index is 279. The predicted octanol–water partition coefficient (Wildman–Crippen LogP) is -0.691. The Labute approximate surface area is 57.3 Å². The molecule has 0 amide bonds. The summed E-state index contributed by atoms with van der Waals surface area (Å²) in [5, 5.41) is 7.06. The van der Waals surface area contributed by atoms with Crippen molar-refractivity contribution in [2.24, 2.45) is 0 Å². The molecule has 0 saturated heterocycles. The van der Waals surface area contributed by atoms with Gasteiger partial charge in [0.25, 0.3) is 5.56 Å². The van der Waals surface area contributed by atoms with Gasteiger partial charge in [-0.15, -0.1) is 10.2 Å². The van der Waals surface area contributed by atoms with Crippen molar-refractivity contribution >= 4 is 5.95 Å². The molecule has 0 fully saturated rings. The van der Waals surface area contributed by atoms with Crippen molar-refractivity contribution in [3.05, 3.63) is 16.0 Å². The minimum absolute atomic E-state index is 0.0576. The molecule has 1 aromatic heterocycles. The van der Waals surface area contributed by atoms with E-state index in [1.807, 2.05) is 6.92 Å². The molecule has 0 saturated carbocycles. The monoisotopic (exact) mass is 140 g/mol. The Balaban J connectivity index is 3.20. The molecule has 0 aromatic carbocycles. The summed E-state index contributed by atoms with van der Waals surface area (Å²) < 4.78 is 0. The van der Waals surface area contributed by atoms with Crippen LogP contribution in [0.2, 0.25) is 0 Å². The normalized spacial score (nSPS) is 9.70. The highest BCUT2D eigenvalue weighted by molar-refractivity contribution is 5.11. The molecule has 0 spiro atoms. The van der Waals surface area contributed by atoms with Crippen LogP contribution in [0.1, 0.15) is 12.6 Å². The molecular formula is C5H8N4O. The molecule has 5 heteroatoms. The van der Waals surface area contributed by atoms with Gasteiger partial charge in [-0.2, -0.15) is 0 Å². The summed E-state index contributed by atoms with van der Waals surface area (Å²) in [5.41, 5.74) is 5.31. The molecule has 0 bridgehead atoms. The molecule has 1 aromatic rings. The maximum atomic E-state index is 10.8. The average molecular weight is 140 g/mol. The van der Waals surface area contributed by atoms with Crippen LogP contribution in [-0.4, -0.2) is 15.2 Å². The number of aryl methyl sites for hydroxylation is 1. The largest absolute Gasteiger partial charge is 0.368 e. The Hall–Kier alpha value is -1.39. The van der Waals surface area contributed by atoms with Gasteiger partial charge in [0.05, 0.1) is 0 Å².